The van der Waals surface area contributed by atoms with E-state index in [2.05, 4.69) is 0 Å². The number of aliphatic hydroxyl groups excluding tert-OH is 3. The summed E-state index contributed by atoms with van der Waals surface area (Å²) >= 11 is 0. The van der Waals surface area contributed by atoms with Crippen molar-refractivity contribution in [1.82, 2.24) is 0 Å². The molecule has 1 heterocycles. The summed E-state index contributed by atoms with van der Waals surface area (Å²) in [4.78, 5) is 11.3. The molecule has 40 heavy (non-hydrogen) atoms. The summed E-state index contributed by atoms with van der Waals surface area (Å²) in [6.45, 7) is 2.72. The number of carbonyl (C=O) groups is 1. The van der Waals surface area contributed by atoms with E-state index in [1.54, 1.807) is 26.0 Å². The number of carboxylic acids is 1. The maximum Gasteiger partial charge on any atom is 0.341 e. The molecule has 0 bridgehead atoms. The highest BCUT2D eigenvalue weighted by molar-refractivity contribution is 6.17. The van der Waals surface area contributed by atoms with Crippen molar-refractivity contribution in [1.29, 1.82) is 0 Å². The van der Waals surface area contributed by atoms with E-state index < -0.39 is 43.1 Å². The van der Waals surface area contributed by atoms with Gasteiger partial charge in [-0.3, -0.25) is 0 Å². The summed E-state index contributed by atoms with van der Waals surface area (Å²) in [5.41, 5.74) is 0.852. The molecule has 0 spiro atoms. The van der Waals surface area contributed by atoms with Crippen LogP contribution in [-0.4, -0.2) is 93.0 Å². The van der Waals surface area contributed by atoms with Gasteiger partial charge in [0, 0.05) is 21.9 Å². The monoisotopic (exact) mass is 562 g/mol. The van der Waals surface area contributed by atoms with Crippen molar-refractivity contribution < 1.29 is 58.4 Å². The van der Waals surface area contributed by atoms with Gasteiger partial charge in [0.15, 0.2) is 18.1 Å². The number of benzene rings is 3. The first-order valence-electron chi connectivity index (χ1n) is 12.4. The average Bonchev–Trinajstić information content (AvgIpc) is 2.94. The first kappa shape index (κ1) is 29.3. The van der Waals surface area contributed by atoms with Crippen LogP contribution in [0.15, 0.2) is 12.1 Å². The molecule has 0 amide bonds. The lowest BCUT2D eigenvalue weighted by atomic mass is 9.88. The summed E-state index contributed by atoms with van der Waals surface area (Å²) < 4.78 is 40.6. The minimum Gasteiger partial charge on any atom is -0.496 e. The van der Waals surface area contributed by atoms with E-state index in [1.807, 2.05) is 0 Å². The van der Waals surface area contributed by atoms with Crippen LogP contribution in [0.4, 0.5) is 0 Å². The Balaban J connectivity index is 2.18. The molecule has 0 saturated carbocycles. The lowest BCUT2D eigenvalue weighted by Crippen LogP contribution is -2.53. The molecular weight excluding hydrogens is 528 g/mol. The molecule has 12 nitrogen and oxygen atoms in total. The molecule has 4 rings (SSSR count). The zero-order valence-corrected chi connectivity index (χ0v) is 23.3. The summed E-state index contributed by atoms with van der Waals surface area (Å²) in [5.74, 6) is 0.610. The van der Waals surface area contributed by atoms with Gasteiger partial charge in [0.25, 0.3) is 0 Å². The van der Waals surface area contributed by atoms with Gasteiger partial charge in [-0.2, -0.15) is 0 Å². The zero-order valence-electron chi connectivity index (χ0n) is 23.3. The van der Waals surface area contributed by atoms with Crippen LogP contribution in [0.1, 0.15) is 24.2 Å². The van der Waals surface area contributed by atoms with Crippen molar-refractivity contribution >= 4 is 27.5 Å². The number of methoxy groups -OCH3 is 5. The minimum atomic E-state index is -1.49. The highest BCUT2D eigenvalue weighted by atomic mass is 16.5. The second-order valence-electron chi connectivity index (χ2n) is 9.39. The molecule has 1 saturated heterocycles. The topological polar surface area (TPSA) is 163 Å². The number of carboxylic acid groups (broad SMARTS) is 1. The molecule has 0 radical (unpaired) electrons. The lowest BCUT2D eigenvalue weighted by Gasteiger charge is -2.40. The van der Waals surface area contributed by atoms with Gasteiger partial charge in [-0.15, -0.1) is 0 Å². The van der Waals surface area contributed by atoms with E-state index in [-0.39, 0.29) is 17.2 Å². The number of hydrogen-bond acceptors (Lipinski definition) is 11. The summed E-state index contributed by atoms with van der Waals surface area (Å²) in [7, 11) is 7.30. The van der Waals surface area contributed by atoms with Gasteiger partial charge < -0.3 is 53.6 Å². The van der Waals surface area contributed by atoms with Crippen LogP contribution in [0.25, 0.3) is 21.5 Å². The Morgan fingerprint density at radius 2 is 1.40 bits per heavy atom. The first-order valence-corrected chi connectivity index (χ1v) is 12.4. The van der Waals surface area contributed by atoms with Gasteiger partial charge in [0.05, 0.1) is 52.4 Å². The highest BCUT2D eigenvalue weighted by Gasteiger charge is 2.44. The molecule has 1 fully saturated rings. The fourth-order valence-electron chi connectivity index (χ4n) is 5.38. The Kier molecular flexibility index (Phi) is 8.36. The van der Waals surface area contributed by atoms with E-state index in [4.69, 9.17) is 33.2 Å². The normalized spacial score (nSPS) is 22.7. The standard InChI is InChI=1S/C28H34O12/c1-11-18-13(8-16(35-4)24(11)39-10-17(29)30)25(36-5)19-15(34-3)9-14(26(37-6)20(19)28(18)38-7)27-23(33)22(32)21(31)12(2)40-27/h8-9,12,21-23,27,31-33H,10H2,1-7H3,(H,29,30)/t12-,21+,22+,23-,27+/m0/s1. The molecule has 0 aliphatic carbocycles. The van der Waals surface area contributed by atoms with Crippen LogP contribution in [0.5, 0.6) is 34.5 Å². The minimum absolute atomic E-state index is 0.205. The van der Waals surface area contributed by atoms with Crippen LogP contribution in [0.3, 0.4) is 0 Å². The lowest BCUT2D eigenvalue weighted by molar-refractivity contribution is -0.219. The third-order valence-corrected chi connectivity index (χ3v) is 7.23. The number of hydrogen-bond donors (Lipinski definition) is 4. The molecule has 0 unspecified atom stereocenters. The largest absolute Gasteiger partial charge is 0.496 e. The van der Waals surface area contributed by atoms with Gasteiger partial charge in [-0.25, -0.2) is 4.79 Å². The molecule has 5 atom stereocenters. The fourth-order valence-corrected chi connectivity index (χ4v) is 5.38. The van der Waals surface area contributed by atoms with E-state index in [0.29, 0.717) is 49.9 Å². The van der Waals surface area contributed by atoms with Crippen molar-refractivity contribution in [2.24, 2.45) is 0 Å². The molecular formula is C28H34O12. The number of fused-ring (bicyclic) bond motifs is 2. The predicted octanol–water partition coefficient (Wildman–Crippen LogP) is 2.35. The van der Waals surface area contributed by atoms with Gasteiger partial charge in [-0.05, 0) is 26.0 Å². The summed E-state index contributed by atoms with van der Waals surface area (Å²) in [6, 6.07) is 3.28. The summed E-state index contributed by atoms with van der Waals surface area (Å²) in [5, 5.41) is 42.9. The van der Waals surface area contributed by atoms with Gasteiger partial charge in [-0.1, -0.05) is 0 Å². The van der Waals surface area contributed by atoms with Crippen LogP contribution in [-0.2, 0) is 9.53 Å². The summed E-state index contributed by atoms with van der Waals surface area (Å²) in [6.07, 6.45) is -6.15. The number of rotatable bonds is 9. The molecule has 3 aromatic rings. The molecule has 218 valence electrons. The van der Waals surface area contributed by atoms with Gasteiger partial charge >= 0.3 is 5.97 Å². The van der Waals surface area contributed by atoms with Gasteiger partial charge in [0.2, 0.25) is 0 Å². The highest BCUT2D eigenvalue weighted by Crippen LogP contribution is 2.55. The Morgan fingerprint density at radius 1 is 0.775 bits per heavy atom. The zero-order chi connectivity index (χ0) is 29.5. The average molecular weight is 563 g/mol. The van der Waals surface area contributed by atoms with Crippen LogP contribution < -0.4 is 28.4 Å². The SMILES string of the molecule is COc1cc2c(OC)c3c(OC)cc([C@H]4O[C@@H](C)[C@@H](O)[C@@H](O)[C@@H]4O)c(OC)c3c(OC)c2c(C)c1OCC(=O)O. The second-order valence-corrected chi connectivity index (χ2v) is 9.39. The van der Waals surface area contributed by atoms with Crippen molar-refractivity contribution in [3.8, 4) is 34.5 Å². The third kappa shape index (κ3) is 4.56. The predicted molar refractivity (Wildman–Crippen MR) is 143 cm³/mol. The number of ether oxygens (including phenoxy) is 7. The Bertz CT molecular complexity index is 1440. The molecule has 1 aliphatic rings. The molecule has 4 N–H and O–H groups in total. The maximum atomic E-state index is 11.3. The van der Waals surface area contributed by atoms with E-state index >= 15 is 0 Å². The molecule has 1 aliphatic heterocycles. The second kappa shape index (κ2) is 11.4. The van der Waals surface area contributed by atoms with Crippen LogP contribution in [0, 0.1) is 6.92 Å². The molecule has 12 heteroatoms. The third-order valence-electron chi connectivity index (χ3n) is 7.23. The Hall–Kier alpha value is -3.71. The van der Waals surface area contributed by atoms with Crippen molar-refractivity contribution in [3.63, 3.8) is 0 Å². The van der Waals surface area contributed by atoms with E-state index in [0.717, 1.165) is 0 Å². The van der Waals surface area contributed by atoms with Gasteiger partial charge in [0.1, 0.15) is 47.4 Å². The Labute approximate surface area is 230 Å². The quantitative estimate of drug-likeness (QED) is 0.282. The number of aliphatic hydroxyl groups is 3. The first-order chi connectivity index (χ1) is 19.1. The maximum absolute atomic E-state index is 11.3. The van der Waals surface area contributed by atoms with Crippen molar-refractivity contribution in [2.45, 2.75) is 44.4 Å². The fraction of sp³-hybridized carbons (Fsp3) is 0.464. The van der Waals surface area contributed by atoms with Crippen molar-refractivity contribution in [3.05, 3.63) is 23.3 Å². The van der Waals surface area contributed by atoms with E-state index in [1.165, 1.54) is 35.5 Å². The smallest absolute Gasteiger partial charge is 0.341 e. The molecule has 0 aromatic heterocycles. The molecule has 3 aromatic carbocycles. The van der Waals surface area contributed by atoms with Crippen molar-refractivity contribution in [2.75, 3.05) is 42.2 Å². The number of aliphatic carboxylic acids is 1. The van der Waals surface area contributed by atoms with Crippen LogP contribution in [0.2, 0.25) is 0 Å². The Morgan fingerprint density at radius 3 is 1.95 bits per heavy atom. The van der Waals surface area contributed by atoms with E-state index in [9.17, 15) is 25.2 Å². The van der Waals surface area contributed by atoms with Crippen LogP contribution >= 0.6 is 0 Å². The number of aryl methyl sites for hydroxylation is 1.